The predicted octanol–water partition coefficient (Wildman–Crippen LogP) is 2.20. The van der Waals surface area contributed by atoms with E-state index in [4.69, 9.17) is 0 Å². The smallest absolute Gasteiger partial charge is 0.246 e. The van der Waals surface area contributed by atoms with Gasteiger partial charge in [-0.05, 0) is 26.3 Å². The van der Waals surface area contributed by atoms with Crippen LogP contribution in [0.4, 0.5) is 0 Å². The van der Waals surface area contributed by atoms with Crippen LogP contribution in [0.2, 0.25) is 0 Å². The second-order valence-electron chi connectivity index (χ2n) is 4.05. The number of benzene rings is 1. The standard InChI is InChI=1S/C13H17NO2/c1-8(2)13(16)14-7-11-6-9(3)5-10(4)12(11)15/h5-6,15H,1,7H2,2-4H3,(H,14,16). The zero-order chi connectivity index (χ0) is 12.3. The van der Waals surface area contributed by atoms with E-state index in [1.165, 1.54) is 0 Å². The quantitative estimate of drug-likeness (QED) is 0.766. The van der Waals surface area contributed by atoms with E-state index in [-0.39, 0.29) is 11.7 Å². The lowest BCUT2D eigenvalue weighted by Gasteiger charge is -2.10. The van der Waals surface area contributed by atoms with E-state index >= 15 is 0 Å². The first-order valence-corrected chi connectivity index (χ1v) is 5.14. The monoisotopic (exact) mass is 219 g/mol. The van der Waals surface area contributed by atoms with Crippen molar-refractivity contribution in [2.24, 2.45) is 0 Å². The van der Waals surface area contributed by atoms with Crippen molar-refractivity contribution < 1.29 is 9.90 Å². The van der Waals surface area contributed by atoms with Crippen LogP contribution in [0.15, 0.2) is 24.3 Å². The van der Waals surface area contributed by atoms with Gasteiger partial charge in [0.15, 0.2) is 0 Å². The van der Waals surface area contributed by atoms with E-state index in [1.807, 2.05) is 26.0 Å². The van der Waals surface area contributed by atoms with Gasteiger partial charge in [0, 0.05) is 17.7 Å². The number of phenols is 1. The van der Waals surface area contributed by atoms with Gasteiger partial charge in [-0.2, -0.15) is 0 Å². The molecular formula is C13H17NO2. The first kappa shape index (κ1) is 12.3. The molecule has 3 heteroatoms. The van der Waals surface area contributed by atoms with Crippen molar-refractivity contribution in [3.8, 4) is 5.75 Å². The van der Waals surface area contributed by atoms with E-state index in [0.717, 1.165) is 16.7 Å². The summed E-state index contributed by atoms with van der Waals surface area (Å²) in [5.74, 6) is 0.0474. The molecule has 1 amide bonds. The first-order valence-electron chi connectivity index (χ1n) is 5.14. The average molecular weight is 219 g/mol. The highest BCUT2D eigenvalue weighted by atomic mass is 16.3. The number of aromatic hydroxyl groups is 1. The molecular weight excluding hydrogens is 202 g/mol. The van der Waals surface area contributed by atoms with Crippen LogP contribution in [-0.2, 0) is 11.3 Å². The molecule has 0 saturated carbocycles. The minimum absolute atomic E-state index is 0.196. The minimum atomic E-state index is -0.196. The summed E-state index contributed by atoms with van der Waals surface area (Å²) in [5.41, 5.74) is 3.07. The number of hydrogen-bond acceptors (Lipinski definition) is 2. The third kappa shape index (κ3) is 2.86. The molecule has 0 unspecified atom stereocenters. The van der Waals surface area contributed by atoms with E-state index in [0.29, 0.717) is 12.1 Å². The average Bonchev–Trinajstić information content (AvgIpc) is 2.20. The molecule has 0 radical (unpaired) electrons. The van der Waals surface area contributed by atoms with Crippen molar-refractivity contribution in [3.63, 3.8) is 0 Å². The van der Waals surface area contributed by atoms with Gasteiger partial charge in [-0.3, -0.25) is 4.79 Å². The first-order chi connectivity index (χ1) is 7.41. The maximum Gasteiger partial charge on any atom is 0.246 e. The molecule has 1 aromatic rings. The normalized spacial score (nSPS) is 9.94. The number of rotatable bonds is 3. The molecule has 1 rings (SSSR count). The number of aryl methyl sites for hydroxylation is 2. The van der Waals surface area contributed by atoms with Crippen LogP contribution in [0, 0.1) is 13.8 Å². The molecule has 0 atom stereocenters. The van der Waals surface area contributed by atoms with Crippen molar-refractivity contribution in [2.45, 2.75) is 27.3 Å². The Morgan fingerprint density at radius 3 is 2.62 bits per heavy atom. The molecule has 0 aliphatic heterocycles. The maximum absolute atomic E-state index is 11.3. The van der Waals surface area contributed by atoms with Crippen molar-refractivity contribution in [1.29, 1.82) is 0 Å². The van der Waals surface area contributed by atoms with Crippen molar-refractivity contribution >= 4 is 5.91 Å². The molecule has 0 aliphatic carbocycles. The maximum atomic E-state index is 11.3. The Labute approximate surface area is 95.8 Å². The number of carbonyl (C=O) groups excluding carboxylic acids is 1. The SMILES string of the molecule is C=C(C)C(=O)NCc1cc(C)cc(C)c1O. The van der Waals surface area contributed by atoms with E-state index in [2.05, 4.69) is 11.9 Å². The number of carbonyl (C=O) groups is 1. The van der Waals surface area contributed by atoms with Crippen LogP contribution < -0.4 is 5.32 Å². The Morgan fingerprint density at radius 1 is 1.44 bits per heavy atom. The molecule has 0 fully saturated rings. The number of nitrogens with one attached hydrogen (secondary N) is 1. The van der Waals surface area contributed by atoms with Gasteiger partial charge in [0.1, 0.15) is 5.75 Å². The van der Waals surface area contributed by atoms with Crippen molar-refractivity contribution in [1.82, 2.24) is 5.32 Å². The number of hydrogen-bond donors (Lipinski definition) is 2. The highest BCUT2D eigenvalue weighted by Gasteiger charge is 2.07. The molecule has 86 valence electrons. The van der Waals surface area contributed by atoms with Gasteiger partial charge >= 0.3 is 0 Å². The summed E-state index contributed by atoms with van der Waals surface area (Å²) in [6.07, 6.45) is 0. The van der Waals surface area contributed by atoms with Crippen LogP contribution in [0.3, 0.4) is 0 Å². The third-order valence-electron chi connectivity index (χ3n) is 2.35. The molecule has 0 bridgehead atoms. The summed E-state index contributed by atoms with van der Waals surface area (Å²) >= 11 is 0. The van der Waals surface area contributed by atoms with E-state index in [1.54, 1.807) is 6.92 Å². The van der Waals surface area contributed by atoms with Crippen molar-refractivity contribution in [2.75, 3.05) is 0 Å². The Bertz CT molecular complexity index is 436. The Balaban J connectivity index is 2.82. The lowest BCUT2D eigenvalue weighted by atomic mass is 10.1. The summed E-state index contributed by atoms with van der Waals surface area (Å²) in [7, 11) is 0. The zero-order valence-electron chi connectivity index (χ0n) is 9.92. The van der Waals surface area contributed by atoms with E-state index < -0.39 is 0 Å². The largest absolute Gasteiger partial charge is 0.507 e. The molecule has 0 saturated heterocycles. The Kier molecular flexibility index (Phi) is 3.72. The molecule has 0 spiro atoms. The minimum Gasteiger partial charge on any atom is -0.507 e. The predicted molar refractivity (Wildman–Crippen MR) is 64.2 cm³/mol. The summed E-state index contributed by atoms with van der Waals surface area (Å²) in [5, 5.41) is 12.5. The topological polar surface area (TPSA) is 49.3 Å². The fourth-order valence-corrected chi connectivity index (χ4v) is 1.51. The number of phenolic OH excluding ortho intramolecular Hbond substituents is 1. The molecule has 3 nitrogen and oxygen atoms in total. The van der Waals surface area contributed by atoms with Gasteiger partial charge in [-0.15, -0.1) is 0 Å². The van der Waals surface area contributed by atoms with Crippen LogP contribution in [0.1, 0.15) is 23.6 Å². The summed E-state index contributed by atoms with van der Waals surface area (Å²) in [6, 6.07) is 3.76. The third-order valence-corrected chi connectivity index (χ3v) is 2.35. The van der Waals surface area contributed by atoms with Crippen LogP contribution in [-0.4, -0.2) is 11.0 Å². The molecule has 0 aromatic heterocycles. The Morgan fingerprint density at radius 2 is 2.06 bits per heavy atom. The molecule has 2 N–H and O–H groups in total. The lowest BCUT2D eigenvalue weighted by molar-refractivity contribution is -0.117. The van der Waals surface area contributed by atoms with E-state index in [9.17, 15) is 9.90 Å². The molecule has 16 heavy (non-hydrogen) atoms. The molecule has 0 heterocycles. The van der Waals surface area contributed by atoms with Gasteiger partial charge in [-0.1, -0.05) is 24.3 Å². The van der Waals surface area contributed by atoms with Gasteiger partial charge in [0.2, 0.25) is 5.91 Å². The summed E-state index contributed by atoms with van der Waals surface area (Å²) in [4.78, 5) is 11.3. The van der Waals surface area contributed by atoms with Gasteiger partial charge in [0.25, 0.3) is 0 Å². The van der Waals surface area contributed by atoms with Gasteiger partial charge < -0.3 is 10.4 Å². The van der Waals surface area contributed by atoms with Gasteiger partial charge in [0.05, 0.1) is 0 Å². The van der Waals surface area contributed by atoms with Crippen molar-refractivity contribution in [3.05, 3.63) is 41.0 Å². The fraction of sp³-hybridized carbons (Fsp3) is 0.308. The highest BCUT2D eigenvalue weighted by molar-refractivity contribution is 5.92. The fourth-order valence-electron chi connectivity index (χ4n) is 1.51. The summed E-state index contributed by atoms with van der Waals surface area (Å²) < 4.78 is 0. The highest BCUT2D eigenvalue weighted by Crippen LogP contribution is 2.23. The zero-order valence-corrected chi connectivity index (χ0v) is 9.92. The van der Waals surface area contributed by atoms with Crippen LogP contribution in [0.25, 0.3) is 0 Å². The lowest BCUT2D eigenvalue weighted by Crippen LogP contribution is -2.23. The Hall–Kier alpha value is -1.77. The van der Waals surface area contributed by atoms with Gasteiger partial charge in [-0.25, -0.2) is 0 Å². The molecule has 1 aromatic carbocycles. The second-order valence-corrected chi connectivity index (χ2v) is 4.05. The summed E-state index contributed by atoms with van der Waals surface area (Å²) in [6.45, 7) is 9.31. The number of amides is 1. The second kappa shape index (κ2) is 4.84. The molecule has 0 aliphatic rings. The van der Waals surface area contributed by atoms with Crippen LogP contribution >= 0.6 is 0 Å². The van der Waals surface area contributed by atoms with Crippen LogP contribution in [0.5, 0.6) is 5.75 Å².